The smallest absolute Gasteiger partial charge is 0.216 e. The number of aromatic nitrogens is 1. The maximum absolute atomic E-state index is 12.9. The van der Waals surface area contributed by atoms with Crippen LogP contribution >= 0.6 is 0 Å². The molecule has 1 aliphatic heterocycles. The fraction of sp³-hybridized carbons (Fsp3) is 0.353. The molecule has 2 aromatic rings. The second kappa shape index (κ2) is 7.27. The Hall–Kier alpha value is -1.99. The van der Waals surface area contributed by atoms with E-state index in [0.29, 0.717) is 5.56 Å². The van der Waals surface area contributed by atoms with Gasteiger partial charge in [-0.05, 0) is 48.2 Å². The van der Waals surface area contributed by atoms with E-state index < -0.39 is 10.0 Å². The molecule has 0 bridgehead atoms. The summed E-state index contributed by atoms with van der Waals surface area (Å²) in [6.07, 6.45) is 4.03. The monoisotopic (exact) mass is 349 g/mol. The number of nitrogens with one attached hydrogen (secondary N) is 1. The van der Waals surface area contributed by atoms with Gasteiger partial charge in [0.2, 0.25) is 10.0 Å². The molecular formula is C17H20FN3O2S. The molecule has 1 N–H and O–H groups in total. The van der Waals surface area contributed by atoms with Gasteiger partial charge in [-0.2, -0.15) is 0 Å². The first-order valence-corrected chi connectivity index (χ1v) is 9.59. The van der Waals surface area contributed by atoms with Crippen molar-refractivity contribution in [1.29, 1.82) is 0 Å². The van der Waals surface area contributed by atoms with E-state index in [1.165, 1.54) is 24.3 Å². The fourth-order valence-corrected chi connectivity index (χ4v) is 3.85. The van der Waals surface area contributed by atoms with Crippen LogP contribution in [0, 0.1) is 5.82 Å². The van der Waals surface area contributed by atoms with Crippen LogP contribution in [0.2, 0.25) is 0 Å². The number of rotatable bonds is 6. The van der Waals surface area contributed by atoms with E-state index >= 15 is 0 Å². The molecule has 5 nitrogen and oxygen atoms in total. The van der Waals surface area contributed by atoms with Crippen LogP contribution < -0.4 is 9.62 Å². The third-order valence-electron chi connectivity index (χ3n) is 4.01. The van der Waals surface area contributed by atoms with Crippen LogP contribution in [-0.4, -0.2) is 26.5 Å². The molecule has 128 valence electrons. The van der Waals surface area contributed by atoms with Crippen molar-refractivity contribution in [3.05, 3.63) is 59.5 Å². The van der Waals surface area contributed by atoms with E-state index in [1.807, 2.05) is 6.07 Å². The second-order valence-corrected chi connectivity index (χ2v) is 7.73. The molecule has 0 atom stereocenters. The number of nitrogens with zero attached hydrogens (tertiary/aromatic N) is 2. The minimum atomic E-state index is -3.48. The van der Waals surface area contributed by atoms with Crippen LogP contribution in [0.25, 0.3) is 0 Å². The first kappa shape index (κ1) is 16.9. The van der Waals surface area contributed by atoms with E-state index in [9.17, 15) is 12.8 Å². The highest BCUT2D eigenvalue weighted by Gasteiger charge is 2.15. The third-order valence-corrected chi connectivity index (χ3v) is 5.30. The van der Waals surface area contributed by atoms with Gasteiger partial charge in [-0.25, -0.2) is 22.5 Å². The van der Waals surface area contributed by atoms with Crippen LogP contribution in [0.15, 0.2) is 42.6 Å². The van der Waals surface area contributed by atoms with Gasteiger partial charge < -0.3 is 4.90 Å². The predicted molar refractivity (Wildman–Crippen MR) is 91.5 cm³/mol. The summed E-state index contributed by atoms with van der Waals surface area (Å²) in [5, 5.41) is 0. The summed E-state index contributed by atoms with van der Waals surface area (Å²) < 4.78 is 39.8. The van der Waals surface area contributed by atoms with E-state index in [4.69, 9.17) is 0 Å². The summed E-state index contributed by atoms with van der Waals surface area (Å²) in [5.41, 5.74) is 1.42. The summed E-state index contributed by atoms with van der Waals surface area (Å²) in [4.78, 5) is 6.56. The van der Waals surface area contributed by atoms with Crippen molar-refractivity contribution < 1.29 is 12.8 Å². The highest BCUT2D eigenvalue weighted by atomic mass is 32.2. The van der Waals surface area contributed by atoms with Crippen molar-refractivity contribution in [3.8, 4) is 0 Å². The molecule has 2 heterocycles. The van der Waals surface area contributed by atoms with Gasteiger partial charge in [0.25, 0.3) is 0 Å². The molecule has 1 saturated heterocycles. The Morgan fingerprint density at radius 1 is 1.08 bits per heavy atom. The zero-order valence-electron chi connectivity index (χ0n) is 13.3. The van der Waals surface area contributed by atoms with Gasteiger partial charge in [-0.3, -0.25) is 0 Å². The Morgan fingerprint density at radius 3 is 2.50 bits per heavy atom. The minimum Gasteiger partial charge on any atom is -0.357 e. The van der Waals surface area contributed by atoms with Crippen molar-refractivity contribution in [1.82, 2.24) is 9.71 Å². The Kier molecular flexibility index (Phi) is 5.11. The first-order valence-electron chi connectivity index (χ1n) is 7.93. The number of benzene rings is 1. The topological polar surface area (TPSA) is 62.3 Å². The normalized spacial score (nSPS) is 15.0. The van der Waals surface area contributed by atoms with Gasteiger partial charge >= 0.3 is 0 Å². The van der Waals surface area contributed by atoms with Gasteiger partial charge in [-0.15, -0.1) is 0 Å². The largest absolute Gasteiger partial charge is 0.357 e. The maximum Gasteiger partial charge on any atom is 0.216 e. The standard InChI is InChI=1S/C17H20FN3O2S/c18-16-5-3-14(4-6-16)13-24(22,23)20-12-15-7-8-19-17(11-15)21-9-1-2-10-21/h3-8,11,20H,1-2,9-10,12-13H2. The average Bonchev–Trinajstić information content (AvgIpc) is 3.10. The number of hydrogen-bond donors (Lipinski definition) is 1. The molecule has 0 saturated carbocycles. The Balaban J connectivity index is 1.61. The number of hydrogen-bond acceptors (Lipinski definition) is 4. The molecule has 0 spiro atoms. The number of halogens is 1. The lowest BCUT2D eigenvalue weighted by Gasteiger charge is -2.17. The molecule has 0 unspecified atom stereocenters. The highest BCUT2D eigenvalue weighted by molar-refractivity contribution is 7.88. The summed E-state index contributed by atoms with van der Waals surface area (Å²) >= 11 is 0. The van der Waals surface area contributed by atoms with Crippen molar-refractivity contribution >= 4 is 15.8 Å². The van der Waals surface area contributed by atoms with Gasteiger partial charge in [0.05, 0.1) is 5.75 Å². The molecule has 1 aromatic heterocycles. The predicted octanol–water partition coefficient (Wildman–Crippen LogP) is 2.44. The molecule has 0 aliphatic carbocycles. The summed E-state index contributed by atoms with van der Waals surface area (Å²) in [6, 6.07) is 9.21. The van der Waals surface area contributed by atoms with Crippen molar-refractivity contribution in [2.75, 3.05) is 18.0 Å². The van der Waals surface area contributed by atoms with E-state index in [0.717, 1.165) is 37.3 Å². The van der Waals surface area contributed by atoms with Gasteiger partial charge in [-0.1, -0.05) is 12.1 Å². The summed E-state index contributed by atoms with van der Waals surface area (Å²) in [5.74, 6) is 0.343. The summed E-state index contributed by atoms with van der Waals surface area (Å²) in [7, 11) is -3.48. The van der Waals surface area contributed by atoms with Crippen LogP contribution in [0.5, 0.6) is 0 Å². The average molecular weight is 349 g/mol. The lowest BCUT2D eigenvalue weighted by atomic mass is 10.2. The van der Waals surface area contributed by atoms with Crippen LogP contribution in [0.3, 0.4) is 0 Å². The summed E-state index contributed by atoms with van der Waals surface area (Å²) in [6.45, 7) is 2.20. The SMILES string of the molecule is O=S(=O)(Cc1ccc(F)cc1)NCc1ccnc(N2CCCC2)c1. The minimum absolute atomic E-state index is 0.169. The highest BCUT2D eigenvalue weighted by Crippen LogP contribution is 2.18. The molecule has 24 heavy (non-hydrogen) atoms. The van der Waals surface area contributed by atoms with E-state index in [1.54, 1.807) is 12.3 Å². The van der Waals surface area contributed by atoms with Gasteiger partial charge in [0.1, 0.15) is 11.6 Å². The van der Waals surface area contributed by atoms with Crippen molar-refractivity contribution in [3.63, 3.8) is 0 Å². The maximum atomic E-state index is 12.9. The molecule has 0 radical (unpaired) electrons. The molecule has 3 rings (SSSR count). The zero-order chi connectivity index (χ0) is 17.0. The number of sulfonamides is 1. The first-order chi connectivity index (χ1) is 11.5. The molecule has 1 aliphatic rings. The van der Waals surface area contributed by atoms with E-state index in [-0.39, 0.29) is 18.1 Å². The molecule has 0 amide bonds. The Bertz CT molecular complexity index is 788. The number of anilines is 1. The third kappa shape index (κ3) is 4.52. The molecular weight excluding hydrogens is 329 g/mol. The lowest BCUT2D eigenvalue weighted by Crippen LogP contribution is -2.25. The Morgan fingerprint density at radius 2 is 1.79 bits per heavy atom. The van der Waals surface area contributed by atoms with Crippen molar-refractivity contribution in [2.45, 2.75) is 25.1 Å². The fourth-order valence-electron chi connectivity index (χ4n) is 2.73. The van der Waals surface area contributed by atoms with Crippen LogP contribution in [-0.2, 0) is 22.3 Å². The molecule has 1 fully saturated rings. The molecule has 1 aromatic carbocycles. The van der Waals surface area contributed by atoms with Crippen LogP contribution in [0.4, 0.5) is 10.2 Å². The van der Waals surface area contributed by atoms with Crippen molar-refractivity contribution in [2.24, 2.45) is 0 Å². The van der Waals surface area contributed by atoms with Gasteiger partial charge in [0, 0.05) is 25.8 Å². The Labute approximate surface area is 141 Å². The quantitative estimate of drug-likeness (QED) is 0.870. The van der Waals surface area contributed by atoms with Crippen LogP contribution in [0.1, 0.15) is 24.0 Å². The van der Waals surface area contributed by atoms with Gasteiger partial charge in [0.15, 0.2) is 0 Å². The second-order valence-electron chi connectivity index (χ2n) is 5.92. The zero-order valence-corrected chi connectivity index (χ0v) is 14.1. The molecule has 7 heteroatoms. The number of pyridine rings is 1. The van der Waals surface area contributed by atoms with E-state index in [2.05, 4.69) is 14.6 Å². The lowest BCUT2D eigenvalue weighted by molar-refractivity contribution is 0.580.